The molecule has 7 rings (SSSR count). The maximum Gasteiger partial charge on any atom is 0.293 e. The van der Waals surface area contributed by atoms with Crippen molar-refractivity contribution in [2.75, 3.05) is 43.4 Å². The summed E-state index contributed by atoms with van der Waals surface area (Å²) in [6, 6.07) is 20.6. The lowest BCUT2D eigenvalue weighted by Gasteiger charge is -2.26. The molecule has 0 amide bonds. The highest BCUT2D eigenvalue weighted by atomic mass is 16.6. The van der Waals surface area contributed by atoms with E-state index in [0.29, 0.717) is 36.0 Å². The first-order chi connectivity index (χ1) is 24.6. The van der Waals surface area contributed by atoms with Crippen LogP contribution in [0, 0.1) is 0 Å². The predicted molar refractivity (Wildman–Crippen MR) is 181 cm³/mol. The normalized spacial score (nSPS) is 20.9. The summed E-state index contributed by atoms with van der Waals surface area (Å²) in [6.45, 7) is 4.73. The summed E-state index contributed by atoms with van der Waals surface area (Å²) in [6.07, 6.45) is 1.07. The van der Waals surface area contributed by atoms with Crippen molar-refractivity contribution in [1.82, 2.24) is 44.6 Å². The van der Waals surface area contributed by atoms with Gasteiger partial charge in [0.05, 0.1) is 13.4 Å². The van der Waals surface area contributed by atoms with Gasteiger partial charge in [0.1, 0.15) is 0 Å². The molecule has 0 saturated carbocycles. The minimum Gasteiger partial charge on any atom is -0.457 e. The molecule has 260 valence electrons. The van der Waals surface area contributed by atoms with Crippen molar-refractivity contribution >= 4 is 35.9 Å². The van der Waals surface area contributed by atoms with E-state index in [1.54, 1.807) is 17.9 Å². The molecule has 2 aliphatic heterocycles. The number of ether oxygens (including phenoxy) is 3. The van der Waals surface area contributed by atoms with Crippen LogP contribution < -0.4 is 10.6 Å². The number of carbonyl (C=O) groups excluding carboxylic acids is 2. The molecule has 3 aromatic heterocycles. The molecular weight excluding hydrogens is 642 g/mol. The molecular formula is C34H39N11O5. The summed E-state index contributed by atoms with van der Waals surface area (Å²) in [5.41, 5.74) is 3.20. The number of hydrogen-bond donors (Lipinski definition) is 2. The summed E-state index contributed by atoms with van der Waals surface area (Å²) in [4.78, 5) is 41.5. The van der Waals surface area contributed by atoms with Crippen LogP contribution >= 0.6 is 0 Å². The lowest BCUT2D eigenvalue weighted by molar-refractivity contribution is -0.151. The van der Waals surface area contributed by atoms with Crippen LogP contribution in [0.15, 0.2) is 67.0 Å². The number of tetrazole rings is 1. The third-order valence-electron chi connectivity index (χ3n) is 9.13. The number of nitrogens with one attached hydrogen (secondary N) is 2. The molecule has 5 heterocycles. The lowest BCUT2D eigenvalue weighted by Crippen LogP contribution is -2.34. The maximum absolute atomic E-state index is 11.7. The number of aryl methyl sites for hydroxylation is 1. The lowest BCUT2D eigenvalue weighted by atomic mass is 9.91. The molecule has 4 atom stereocenters. The van der Waals surface area contributed by atoms with Gasteiger partial charge in [-0.15, -0.1) is 10.2 Å². The van der Waals surface area contributed by atoms with Gasteiger partial charge < -0.3 is 29.7 Å². The smallest absolute Gasteiger partial charge is 0.293 e. The zero-order valence-electron chi connectivity index (χ0n) is 27.6. The Morgan fingerprint density at radius 1 is 0.920 bits per heavy atom. The topological polar surface area (TPSA) is 176 Å². The molecule has 16 heteroatoms. The summed E-state index contributed by atoms with van der Waals surface area (Å²) >= 11 is 0. The second-order valence-corrected chi connectivity index (χ2v) is 12.3. The second-order valence-electron chi connectivity index (χ2n) is 12.3. The van der Waals surface area contributed by atoms with Crippen molar-refractivity contribution in [3.8, 4) is 0 Å². The molecule has 0 unspecified atom stereocenters. The molecule has 5 aromatic rings. The van der Waals surface area contributed by atoms with Crippen LogP contribution in [-0.4, -0.2) is 103 Å². The van der Waals surface area contributed by atoms with Crippen LogP contribution in [-0.2, 0) is 30.8 Å². The highest BCUT2D eigenvalue weighted by Crippen LogP contribution is 2.42. The Labute approximate surface area is 288 Å². The van der Waals surface area contributed by atoms with Gasteiger partial charge in [-0.1, -0.05) is 67.1 Å². The number of piperidine rings is 1. The van der Waals surface area contributed by atoms with E-state index in [4.69, 9.17) is 29.2 Å². The van der Waals surface area contributed by atoms with Gasteiger partial charge >= 0.3 is 0 Å². The molecule has 2 aromatic carbocycles. The Balaban J connectivity index is 1.24. The van der Waals surface area contributed by atoms with Gasteiger partial charge in [-0.25, -0.2) is 4.98 Å². The number of rotatable bonds is 15. The fourth-order valence-corrected chi connectivity index (χ4v) is 6.72. The van der Waals surface area contributed by atoms with Crippen molar-refractivity contribution in [3.63, 3.8) is 0 Å². The molecule has 2 saturated heterocycles. The van der Waals surface area contributed by atoms with Crippen molar-refractivity contribution < 1.29 is 23.8 Å². The van der Waals surface area contributed by atoms with E-state index in [-0.39, 0.29) is 24.7 Å². The number of fused-ring (bicyclic) bond motifs is 1. The van der Waals surface area contributed by atoms with E-state index >= 15 is 0 Å². The maximum atomic E-state index is 11.7. The summed E-state index contributed by atoms with van der Waals surface area (Å²) in [5, 5.41) is 19.2. The quantitative estimate of drug-likeness (QED) is 0.154. The number of benzene rings is 2. The number of carbonyl (C=O) groups is 2. The van der Waals surface area contributed by atoms with Gasteiger partial charge in [0, 0.05) is 25.6 Å². The fourth-order valence-electron chi connectivity index (χ4n) is 6.72. The Hall–Kier alpha value is -5.48. The van der Waals surface area contributed by atoms with E-state index < -0.39 is 24.5 Å². The Morgan fingerprint density at radius 2 is 1.62 bits per heavy atom. The van der Waals surface area contributed by atoms with E-state index in [0.717, 1.165) is 30.8 Å². The largest absolute Gasteiger partial charge is 0.457 e. The minimum absolute atomic E-state index is 0.0186. The zero-order valence-corrected chi connectivity index (χ0v) is 27.6. The van der Waals surface area contributed by atoms with E-state index in [1.807, 2.05) is 36.4 Å². The third-order valence-corrected chi connectivity index (χ3v) is 9.13. The molecule has 0 radical (unpaired) electrons. The van der Waals surface area contributed by atoms with Crippen LogP contribution in [0.3, 0.4) is 0 Å². The monoisotopic (exact) mass is 681 g/mol. The van der Waals surface area contributed by atoms with Gasteiger partial charge in [0.2, 0.25) is 11.8 Å². The minimum atomic E-state index is -1.08. The van der Waals surface area contributed by atoms with Gasteiger partial charge in [-0.3, -0.25) is 14.2 Å². The standard InChI is InChI=1S/C34H39N11O5/c1-43-41-31(40-42-43)28-27(48-21-46)29(49-22-47)33(50-28)45-20-37-26-30(38-34(39-32(26)45)35-15-18-44-16-9-4-10-17-44)36-19-25(23-11-5-2-6-12-23)24-13-7-3-8-14-24/h2-3,5-8,11-14,20-22,25,27-29,33H,4,9-10,15-19H2,1H3,(H2,35,36,38,39)/t27-,28-,29+,33+/m0/s1. The van der Waals surface area contributed by atoms with Gasteiger partial charge in [0.15, 0.2) is 41.5 Å². The first-order valence-corrected chi connectivity index (χ1v) is 16.7. The van der Waals surface area contributed by atoms with Crippen molar-refractivity contribution in [2.24, 2.45) is 7.05 Å². The summed E-state index contributed by atoms with van der Waals surface area (Å²) < 4.78 is 18.9. The first kappa shape index (κ1) is 33.0. The van der Waals surface area contributed by atoms with Crippen molar-refractivity contribution in [3.05, 3.63) is 83.9 Å². The predicted octanol–water partition coefficient (Wildman–Crippen LogP) is 2.84. The highest BCUT2D eigenvalue weighted by Gasteiger charge is 2.52. The SMILES string of the molecule is Cn1nnc([C@H]2O[C@@H](n3cnc4c(NCC(c5ccccc5)c5ccccc5)nc(NCCN5CCCCC5)nc43)[C@H](OC=O)[C@H]2OC=O)n1. The molecule has 50 heavy (non-hydrogen) atoms. The van der Waals surface area contributed by atoms with Crippen molar-refractivity contribution in [2.45, 2.75) is 49.7 Å². The molecule has 2 aliphatic rings. The molecule has 0 spiro atoms. The number of nitrogens with zero attached hydrogens (tertiary/aromatic N) is 9. The third kappa shape index (κ3) is 7.11. The Morgan fingerprint density at radius 3 is 2.28 bits per heavy atom. The molecule has 0 bridgehead atoms. The van der Waals surface area contributed by atoms with Crippen LogP contribution in [0.5, 0.6) is 0 Å². The fraction of sp³-hybridized carbons (Fsp3) is 0.412. The summed E-state index contributed by atoms with van der Waals surface area (Å²) in [5.74, 6) is 1.10. The van der Waals surface area contributed by atoms with Gasteiger partial charge in [-0.05, 0) is 42.3 Å². The number of aromatic nitrogens is 8. The van der Waals surface area contributed by atoms with Crippen LogP contribution in [0.2, 0.25) is 0 Å². The van der Waals surface area contributed by atoms with Crippen LogP contribution in [0.4, 0.5) is 11.8 Å². The van der Waals surface area contributed by atoms with E-state index in [1.165, 1.54) is 24.1 Å². The number of imidazole rings is 1. The van der Waals surface area contributed by atoms with Gasteiger partial charge in [0.25, 0.3) is 12.9 Å². The number of likely N-dealkylation sites (tertiary alicyclic amines) is 1. The van der Waals surface area contributed by atoms with Gasteiger partial charge in [-0.2, -0.15) is 14.8 Å². The molecule has 0 aliphatic carbocycles. The summed E-state index contributed by atoms with van der Waals surface area (Å²) in [7, 11) is 1.60. The average molecular weight is 682 g/mol. The second kappa shape index (κ2) is 15.4. The van der Waals surface area contributed by atoms with Crippen molar-refractivity contribution in [1.29, 1.82) is 0 Å². The van der Waals surface area contributed by atoms with E-state index in [2.05, 4.69) is 55.2 Å². The number of anilines is 2. The average Bonchev–Trinajstić information content (AvgIpc) is 3.87. The number of hydrogen-bond acceptors (Lipinski definition) is 14. The van der Waals surface area contributed by atoms with Crippen LogP contribution in [0.1, 0.15) is 54.5 Å². The molecule has 2 fully saturated rings. The first-order valence-electron chi connectivity index (χ1n) is 16.7. The highest BCUT2D eigenvalue weighted by molar-refractivity contribution is 5.84. The Kier molecular flexibility index (Phi) is 10.2. The molecule has 2 N–H and O–H groups in total. The zero-order chi connectivity index (χ0) is 34.3. The Bertz CT molecular complexity index is 1830. The van der Waals surface area contributed by atoms with E-state index in [9.17, 15) is 9.59 Å². The van der Waals surface area contributed by atoms with Crippen LogP contribution in [0.25, 0.3) is 11.2 Å². The molecule has 16 nitrogen and oxygen atoms in total.